The molecule has 1 aliphatic heterocycles. The summed E-state index contributed by atoms with van der Waals surface area (Å²) < 4.78 is 5.44. The Morgan fingerprint density at radius 3 is 2.60 bits per heavy atom. The van der Waals surface area contributed by atoms with Gasteiger partial charge in [-0.25, -0.2) is 0 Å². The topological polar surface area (TPSA) is 12.5 Å². The molecule has 20 heavy (non-hydrogen) atoms. The second kappa shape index (κ2) is 4.15. The highest BCUT2D eigenvalue weighted by atomic mass is 16.5. The van der Waals surface area contributed by atoms with Crippen molar-refractivity contribution in [3.63, 3.8) is 0 Å². The van der Waals surface area contributed by atoms with E-state index in [0.717, 1.165) is 5.75 Å². The summed E-state index contributed by atoms with van der Waals surface area (Å²) in [5.41, 5.74) is 2.85. The van der Waals surface area contributed by atoms with Gasteiger partial charge in [0.05, 0.1) is 7.11 Å². The fourth-order valence-electron chi connectivity index (χ4n) is 4.70. The zero-order valence-electron chi connectivity index (χ0n) is 12.3. The van der Waals surface area contributed by atoms with E-state index in [4.69, 9.17) is 4.74 Å². The van der Waals surface area contributed by atoms with E-state index in [-0.39, 0.29) is 0 Å². The molecular weight excluding hydrogens is 246 g/mol. The van der Waals surface area contributed by atoms with Crippen LogP contribution in [0.15, 0.2) is 42.5 Å². The van der Waals surface area contributed by atoms with Gasteiger partial charge in [0, 0.05) is 24.7 Å². The van der Waals surface area contributed by atoms with Crippen LogP contribution in [0.2, 0.25) is 0 Å². The molecule has 1 aromatic carbocycles. The Hall–Kier alpha value is -1.70. The molecule has 2 aliphatic carbocycles. The Balaban J connectivity index is 1.85. The average Bonchev–Trinajstić information content (AvgIpc) is 2.95. The maximum absolute atomic E-state index is 5.44. The molecule has 1 fully saturated rings. The monoisotopic (exact) mass is 267 g/mol. The third-order valence-electron chi connectivity index (χ3n) is 5.57. The highest BCUT2D eigenvalue weighted by Crippen LogP contribution is 2.58. The first-order valence-electron chi connectivity index (χ1n) is 7.48. The van der Waals surface area contributed by atoms with E-state index in [2.05, 4.69) is 61.4 Å². The maximum atomic E-state index is 5.44. The number of rotatable bonds is 1. The molecule has 104 valence electrons. The minimum atomic E-state index is 0.603. The minimum Gasteiger partial charge on any atom is -0.497 e. The molecular formula is C18H21NO. The number of likely N-dealkylation sites (N-methyl/N-ethyl adjacent to an activating group) is 1. The van der Waals surface area contributed by atoms with Crippen LogP contribution in [0.1, 0.15) is 18.4 Å². The summed E-state index contributed by atoms with van der Waals surface area (Å²) in [6, 6.07) is 7.16. The van der Waals surface area contributed by atoms with Crippen LogP contribution in [0, 0.1) is 17.8 Å². The minimum absolute atomic E-state index is 0.603. The van der Waals surface area contributed by atoms with E-state index < -0.39 is 0 Å². The smallest absolute Gasteiger partial charge is 0.119 e. The summed E-state index contributed by atoms with van der Waals surface area (Å²) in [4.78, 5) is 2.49. The van der Waals surface area contributed by atoms with Gasteiger partial charge in [0.25, 0.3) is 0 Å². The molecule has 1 saturated carbocycles. The van der Waals surface area contributed by atoms with Crippen molar-refractivity contribution in [2.75, 3.05) is 19.1 Å². The average molecular weight is 267 g/mol. The van der Waals surface area contributed by atoms with Crippen LogP contribution in [0.5, 0.6) is 5.75 Å². The standard InChI is InChI=1S/C18H21NO/c1-11-13-6-4-5-7-14(13)17-15-10-12(20-3)8-9-16(15)19(2)18(11)17/h4-11,13-14,17-18H,1-3H3. The van der Waals surface area contributed by atoms with Gasteiger partial charge in [-0.15, -0.1) is 0 Å². The molecule has 0 spiro atoms. The third-order valence-corrected chi connectivity index (χ3v) is 5.57. The zero-order valence-corrected chi connectivity index (χ0v) is 12.3. The lowest BCUT2D eigenvalue weighted by Crippen LogP contribution is -2.33. The van der Waals surface area contributed by atoms with E-state index in [0.29, 0.717) is 29.7 Å². The summed E-state index contributed by atoms with van der Waals surface area (Å²) in [6.07, 6.45) is 9.25. The van der Waals surface area contributed by atoms with E-state index in [1.807, 2.05) is 0 Å². The van der Waals surface area contributed by atoms with Crippen molar-refractivity contribution in [1.82, 2.24) is 0 Å². The molecule has 0 amide bonds. The van der Waals surface area contributed by atoms with Crippen molar-refractivity contribution in [2.24, 2.45) is 17.8 Å². The molecule has 2 nitrogen and oxygen atoms in total. The summed E-state index contributed by atoms with van der Waals surface area (Å²) >= 11 is 0. The Morgan fingerprint density at radius 1 is 1.10 bits per heavy atom. The van der Waals surface area contributed by atoms with E-state index in [9.17, 15) is 0 Å². The Bertz CT molecular complexity index is 603. The van der Waals surface area contributed by atoms with Crippen molar-refractivity contribution >= 4 is 5.69 Å². The predicted molar refractivity (Wildman–Crippen MR) is 82.4 cm³/mol. The van der Waals surface area contributed by atoms with Crippen LogP contribution < -0.4 is 9.64 Å². The molecule has 5 atom stereocenters. The molecule has 1 heterocycles. The SMILES string of the molecule is COc1ccc2c(c1)C1C3C=CC=CC3C(C)C1N2C. The van der Waals surface area contributed by atoms with Gasteiger partial charge in [0.15, 0.2) is 0 Å². The predicted octanol–water partition coefficient (Wildman–Crippen LogP) is 3.61. The molecule has 3 aliphatic rings. The zero-order chi connectivity index (χ0) is 13.9. The van der Waals surface area contributed by atoms with Crippen molar-refractivity contribution in [1.29, 1.82) is 0 Å². The number of ether oxygens (including phenoxy) is 1. The fourth-order valence-corrected chi connectivity index (χ4v) is 4.70. The number of anilines is 1. The van der Waals surface area contributed by atoms with Gasteiger partial charge < -0.3 is 9.64 Å². The molecule has 0 saturated heterocycles. The highest BCUT2D eigenvalue weighted by molar-refractivity contribution is 5.65. The molecule has 0 aromatic heterocycles. The molecule has 0 bridgehead atoms. The van der Waals surface area contributed by atoms with Crippen LogP contribution in [-0.4, -0.2) is 20.2 Å². The number of methoxy groups -OCH3 is 1. The van der Waals surface area contributed by atoms with Crippen molar-refractivity contribution in [3.8, 4) is 5.75 Å². The van der Waals surface area contributed by atoms with Crippen molar-refractivity contribution in [2.45, 2.75) is 18.9 Å². The van der Waals surface area contributed by atoms with Crippen LogP contribution in [0.4, 0.5) is 5.69 Å². The fraction of sp³-hybridized carbons (Fsp3) is 0.444. The number of fused-ring (bicyclic) bond motifs is 5. The van der Waals surface area contributed by atoms with Gasteiger partial charge in [0.1, 0.15) is 5.75 Å². The van der Waals surface area contributed by atoms with E-state index >= 15 is 0 Å². The first-order valence-corrected chi connectivity index (χ1v) is 7.48. The first kappa shape index (κ1) is 12.1. The van der Waals surface area contributed by atoms with Crippen LogP contribution in [0.3, 0.4) is 0 Å². The molecule has 0 radical (unpaired) electrons. The maximum Gasteiger partial charge on any atom is 0.119 e. The second-order valence-electron chi connectivity index (χ2n) is 6.34. The lowest BCUT2D eigenvalue weighted by molar-refractivity contribution is 0.412. The van der Waals surface area contributed by atoms with Crippen molar-refractivity contribution in [3.05, 3.63) is 48.1 Å². The van der Waals surface area contributed by atoms with Gasteiger partial charge in [-0.05, 0) is 41.5 Å². The summed E-state index contributed by atoms with van der Waals surface area (Å²) in [5.74, 6) is 3.58. The Labute approximate surface area is 120 Å². The molecule has 2 heteroatoms. The van der Waals surface area contributed by atoms with Gasteiger partial charge >= 0.3 is 0 Å². The quantitative estimate of drug-likeness (QED) is 0.771. The molecule has 0 N–H and O–H groups in total. The summed E-state index contributed by atoms with van der Waals surface area (Å²) in [7, 11) is 4.00. The lowest BCUT2D eigenvalue weighted by Gasteiger charge is -2.27. The van der Waals surface area contributed by atoms with Crippen LogP contribution in [-0.2, 0) is 0 Å². The van der Waals surface area contributed by atoms with E-state index in [1.165, 1.54) is 11.3 Å². The third kappa shape index (κ3) is 1.39. The highest BCUT2D eigenvalue weighted by Gasteiger charge is 2.53. The summed E-state index contributed by atoms with van der Waals surface area (Å²) in [5, 5.41) is 0. The van der Waals surface area contributed by atoms with Crippen molar-refractivity contribution < 1.29 is 4.74 Å². The van der Waals surface area contributed by atoms with Gasteiger partial charge in [0.2, 0.25) is 0 Å². The molecule has 4 rings (SSSR count). The Kier molecular flexibility index (Phi) is 2.50. The number of nitrogens with zero attached hydrogens (tertiary/aromatic N) is 1. The van der Waals surface area contributed by atoms with Gasteiger partial charge in [-0.2, -0.15) is 0 Å². The number of benzene rings is 1. The normalized spacial score (nSPS) is 36.8. The Morgan fingerprint density at radius 2 is 1.85 bits per heavy atom. The second-order valence-corrected chi connectivity index (χ2v) is 6.34. The number of allylic oxidation sites excluding steroid dienone is 4. The van der Waals surface area contributed by atoms with Crippen LogP contribution in [0.25, 0.3) is 0 Å². The first-order chi connectivity index (χ1) is 9.72. The van der Waals surface area contributed by atoms with Crippen LogP contribution >= 0.6 is 0 Å². The summed E-state index contributed by atoms with van der Waals surface area (Å²) in [6.45, 7) is 2.41. The lowest BCUT2D eigenvalue weighted by atomic mass is 9.82. The van der Waals surface area contributed by atoms with E-state index in [1.54, 1.807) is 7.11 Å². The van der Waals surface area contributed by atoms with Gasteiger partial charge in [-0.1, -0.05) is 31.2 Å². The number of hydrogen-bond acceptors (Lipinski definition) is 2. The largest absolute Gasteiger partial charge is 0.497 e. The molecule has 1 aromatic rings. The van der Waals surface area contributed by atoms with Gasteiger partial charge in [-0.3, -0.25) is 0 Å². The molecule has 5 unspecified atom stereocenters. The number of hydrogen-bond donors (Lipinski definition) is 0.